The molecule has 0 amide bonds. The molecule has 4 nitrogen and oxygen atoms in total. The summed E-state index contributed by atoms with van der Waals surface area (Å²) in [6.07, 6.45) is -2.29. The van der Waals surface area contributed by atoms with Gasteiger partial charge in [-0.3, -0.25) is 14.2 Å². The molecule has 0 saturated carbocycles. The van der Waals surface area contributed by atoms with E-state index in [1.165, 1.54) is 47.0 Å². The zero-order valence-electron chi connectivity index (χ0n) is 18.8. The molecule has 3 aromatic rings. The lowest BCUT2D eigenvalue weighted by Gasteiger charge is -2.35. The standard InChI is InChI=1S/C26H20F4N2O2S/c1-25(2)12-18-21(19(33)13-25)22(15-6-8-17(27)9-7-15)32-23(34)20(35-24(32)31-18)11-14-4-3-5-16(10-14)26(28,29)30/h3-11,22H,12-13H2,1-2H3. The van der Waals surface area contributed by atoms with E-state index in [1.54, 1.807) is 0 Å². The zero-order chi connectivity index (χ0) is 25.1. The summed E-state index contributed by atoms with van der Waals surface area (Å²) in [5, 5.41) is 0. The molecule has 0 radical (unpaired) electrons. The van der Waals surface area contributed by atoms with Crippen molar-refractivity contribution in [1.82, 2.24) is 4.57 Å². The third-order valence-electron chi connectivity index (χ3n) is 6.19. The number of nitrogens with zero attached hydrogens (tertiary/aromatic N) is 2. The van der Waals surface area contributed by atoms with E-state index in [-0.39, 0.29) is 27.7 Å². The maximum Gasteiger partial charge on any atom is 0.416 e. The summed E-state index contributed by atoms with van der Waals surface area (Å²) >= 11 is 1.06. The molecule has 180 valence electrons. The van der Waals surface area contributed by atoms with Crippen LogP contribution in [0.15, 0.2) is 69.6 Å². The highest BCUT2D eigenvalue weighted by molar-refractivity contribution is 7.07. The Balaban J connectivity index is 1.73. The number of allylic oxidation sites excluding steroid dienone is 2. The number of hydrogen-bond donors (Lipinski definition) is 0. The number of benzene rings is 2. The molecular weight excluding hydrogens is 480 g/mol. The van der Waals surface area contributed by atoms with E-state index < -0.39 is 29.2 Å². The molecule has 1 aliphatic heterocycles. The van der Waals surface area contributed by atoms with E-state index in [2.05, 4.69) is 4.99 Å². The van der Waals surface area contributed by atoms with E-state index in [9.17, 15) is 27.2 Å². The Morgan fingerprint density at radius 3 is 2.49 bits per heavy atom. The van der Waals surface area contributed by atoms with Gasteiger partial charge in [0.05, 0.1) is 21.8 Å². The first-order valence-electron chi connectivity index (χ1n) is 10.9. The van der Waals surface area contributed by atoms with Crippen LogP contribution in [0.2, 0.25) is 0 Å². The number of aromatic nitrogens is 1. The van der Waals surface area contributed by atoms with Crippen LogP contribution in [0.5, 0.6) is 0 Å². The normalized spacial score (nSPS) is 19.9. The smallest absolute Gasteiger partial charge is 0.294 e. The van der Waals surface area contributed by atoms with Crippen molar-refractivity contribution in [1.29, 1.82) is 0 Å². The molecular formula is C26H20F4N2O2S. The molecule has 1 unspecified atom stereocenters. The highest BCUT2D eigenvalue weighted by Gasteiger charge is 2.40. The summed E-state index contributed by atoms with van der Waals surface area (Å²) in [5.41, 5.74) is 0.204. The molecule has 1 aliphatic carbocycles. The molecule has 0 N–H and O–H groups in total. The number of thiazole rings is 1. The van der Waals surface area contributed by atoms with Gasteiger partial charge in [0.15, 0.2) is 10.6 Å². The molecule has 1 aromatic heterocycles. The van der Waals surface area contributed by atoms with Crippen LogP contribution in [0.25, 0.3) is 6.08 Å². The summed E-state index contributed by atoms with van der Waals surface area (Å²) in [6, 6.07) is 9.54. The van der Waals surface area contributed by atoms with E-state index in [1.807, 2.05) is 13.8 Å². The van der Waals surface area contributed by atoms with Gasteiger partial charge in [0, 0.05) is 12.0 Å². The first-order chi connectivity index (χ1) is 16.4. The number of carbonyl (C=O) groups excluding carboxylic acids is 1. The second-order valence-electron chi connectivity index (χ2n) is 9.56. The van der Waals surface area contributed by atoms with Crippen molar-refractivity contribution >= 4 is 23.2 Å². The molecule has 2 aliphatic rings. The number of carbonyl (C=O) groups is 1. The molecule has 5 rings (SSSR count). The number of halogens is 4. The quantitative estimate of drug-likeness (QED) is 0.477. The van der Waals surface area contributed by atoms with Gasteiger partial charge in [0.25, 0.3) is 5.56 Å². The van der Waals surface area contributed by atoms with Crippen LogP contribution < -0.4 is 14.9 Å². The third kappa shape index (κ3) is 4.29. The molecule has 0 bridgehead atoms. The Labute approximate surface area is 201 Å². The maximum absolute atomic E-state index is 13.7. The summed E-state index contributed by atoms with van der Waals surface area (Å²) in [7, 11) is 0. The molecule has 0 saturated heterocycles. The Kier molecular flexibility index (Phi) is 5.43. The average Bonchev–Trinajstić information content (AvgIpc) is 3.06. The van der Waals surface area contributed by atoms with Crippen LogP contribution in [0.4, 0.5) is 17.6 Å². The Bertz CT molecular complexity index is 1560. The van der Waals surface area contributed by atoms with Crippen LogP contribution in [-0.2, 0) is 11.0 Å². The second-order valence-corrected chi connectivity index (χ2v) is 10.6. The predicted octanol–water partition coefficient (Wildman–Crippen LogP) is 4.76. The Hall–Kier alpha value is -3.33. The highest BCUT2D eigenvalue weighted by Crippen LogP contribution is 2.43. The molecule has 2 aromatic carbocycles. The van der Waals surface area contributed by atoms with Crippen molar-refractivity contribution in [2.45, 2.75) is 38.9 Å². The number of alkyl halides is 3. The van der Waals surface area contributed by atoms with Gasteiger partial charge in [0.2, 0.25) is 0 Å². The number of rotatable bonds is 2. The first-order valence-corrected chi connectivity index (χ1v) is 11.8. The number of Topliss-reactive ketones (excluding diaryl/α,β-unsaturated/α-hetero) is 1. The summed E-state index contributed by atoms with van der Waals surface area (Å²) in [5.74, 6) is -0.572. The zero-order valence-corrected chi connectivity index (χ0v) is 19.6. The topological polar surface area (TPSA) is 51.4 Å². The van der Waals surface area contributed by atoms with Gasteiger partial charge in [-0.2, -0.15) is 13.2 Å². The van der Waals surface area contributed by atoms with Gasteiger partial charge in [-0.1, -0.05) is 49.4 Å². The number of hydrogen-bond acceptors (Lipinski definition) is 4. The average molecular weight is 501 g/mol. The van der Waals surface area contributed by atoms with Crippen molar-refractivity contribution < 1.29 is 22.4 Å². The monoisotopic (exact) mass is 500 g/mol. The van der Waals surface area contributed by atoms with Crippen molar-refractivity contribution in [3.63, 3.8) is 0 Å². The lowest BCUT2D eigenvalue weighted by molar-refractivity contribution is -0.137. The maximum atomic E-state index is 13.7. The molecule has 2 heterocycles. The molecule has 35 heavy (non-hydrogen) atoms. The molecule has 9 heteroatoms. The Morgan fingerprint density at radius 2 is 1.80 bits per heavy atom. The van der Waals surface area contributed by atoms with Crippen molar-refractivity contribution in [2.24, 2.45) is 10.4 Å². The summed E-state index contributed by atoms with van der Waals surface area (Å²) < 4.78 is 54.7. The van der Waals surface area contributed by atoms with Crippen molar-refractivity contribution in [3.05, 3.63) is 102 Å². The largest absolute Gasteiger partial charge is 0.416 e. The van der Waals surface area contributed by atoms with Crippen LogP contribution in [0.1, 0.15) is 49.4 Å². The van der Waals surface area contributed by atoms with E-state index in [0.29, 0.717) is 28.1 Å². The van der Waals surface area contributed by atoms with E-state index in [4.69, 9.17) is 0 Å². The fourth-order valence-corrected chi connectivity index (χ4v) is 5.69. The molecule has 1 atom stereocenters. The summed E-state index contributed by atoms with van der Waals surface area (Å²) in [4.78, 5) is 31.7. The SMILES string of the molecule is CC1(C)CC(=O)C2=C(C1)N=c1sc(=Cc3cccc(C(F)(F)F)c3)c(=O)n1C2c1ccc(F)cc1. The van der Waals surface area contributed by atoms with E-state index >= 15 is 0 Å². The van der Waals surface area contributed by atoms with Crippen LogP contribution in [0.3, 0.4) is 0 Å². The van der Waals surface area contributed by atoms with Crippen molar-refractivity contribution in [3.8, 4) is 0 Å². The second kappa shape index (κ2) is 8.12. The van der Waals surface area contributed by atoms with Gasteiger partial charge in [-0.25, -0.2) is 9.38 Å². The van der Waals surface area contributed by atoms with Crippen LogP contribution >= 0.6 is 11.3 Å². The molecule has 0 spiro atoms. The third-order valence-corrected chi connectivity index (χ3v) is 7.18. The van der Waals surface area contributed by atoms with Crippen LogP contribution in [-0.4, -0.2) is 10.4 Å². The molecule has 0 fully saturated rings. The Morgan fingerprint density at radius 1 is 1.09 bits per heavy atom. The van der Waals surface area contributed by atoms with Crippen molar-refractivity contribution in [2.75, 3.05) is 0 Å². The van der Waals surface area contributed by atoms with Gasteiger partial charge in [-0.05, 0) is 53.3 Å². The van der Waals surface area contributed by atoms with Gasteiger partial charge in [-0.15, -0.1) is 0 Å². The fourth-order valence-electron chi connectivity index (χ4n) is 4.67. The minimum absolute atomic E-state index is 0.124. The lowest BCUT2D eigenvalue weighted by Crippen LogP contribution is -2.42. The lowest BCUT2D eigenvalue weighted by atomic mass is 9.73. The minimum atomic E-state index is -4.51. The van der Waals surface area contributed by atoms with E-state index in [0.717, 1.165) is 23.5 Å². The van der Waals surface area contributed by atoms with Gasteiger partial charge in [0.1, 0.15) is 5.82 Å². The first kappa shape index (κ1) is 23.4. The highest BCUT2D eigenvalue weighted by atomic mass is 32.1. The van der Waals surface area contributed by atoms with Gasteiger partial charge < -0.3 is 0 Å². The predicted molar refractivity (Wildman–Crippen MR) is 124 cm³/mol. The van der Waals surface area contributed by atoms with Gasteiger partial charge >= 0.3 is 6.18 Å². The fraction of sp³-hybridized carbons (Fsp3) is 0.269. The number of ketones is 1. The number of fused-ring (bicyclic) bond motifs is 1. The summed E-state index contributed by atoms with van der Waals surface area (Å²) in [6.45, 7) is 3.94. The van der Waals surface area contributed by atoms with Crippen LogP contribution in [0, 0.1) is 11.2 Å². The minimum Gasteiger partial charge on any atom is -0.294 e.